The van der Waals surface area contributed by atoms with Crippen molar-refractivity contribution >= 4 is 34.6 Å². The first kappa shape index (κ1) is 15.6. The van der Waals surface area contributed by atoms with Crippen LogP contribution in [-0.2, 0) is 4.79 Å². The second-order valence-corrected chi connectivity index (χ2v) is 6.39. The molecule has 0 aliphatic heterocycles. The van der Waals surface area contributed by atoms with Gasteiger partial charge in [-0.15, -0.1) is 0 Å². The smallest absolute Gasteiger partial charge is 0.258 e. The number of anilines is 1. The Bertz CT molecular complexity index is 853. The Balaban J connectivity index is 1.63. The molecule has 0 aliphatic carbocycles. The van der Waals surface area contributed by atoms with E-state index in [1.165, 1.54) is 11.8 Å². The number of amides is 1. The van der Waals surface area contributed by atoms with Gasteiger partial charge in [0.05, 0.1) is 5.75 Å². The van der Waals surface area contributed by atoms with E-state index in [-0.39, 0.29) is 11.7 Å². The summed E-state index contributed by atoms with van der Waals surface area (Å²) in [5.74, 6) is 0.144. The molecule has 0 bridgehead atoms. The first-order chi connectivity index (χ1) is 11.0. The molecule has 23 heavy (non-hydrogen) atoms. The van der Waals surface area contributed by atoms with E-state index in [0.717, 1.165) is 22.5 Å². The molecule has 1 amide bonds. The van der Waals surface area contributed by atoms with Crippen molar-refractivity contribution in [3.8, 4) is 0 Å². The van der Waals surface area contributed by atoms with Crippen molar-refractivity contribution in [1.29, 1.82) is 0 Å². The van der Waals surface area contributed by atoms with Gasteiger partial charge in [0.1, 0.15) is 0 Å². The number of nitrogens with zero attached hydrogens (tertiary/aromatic N) is 2. The molecule has 0 atom stereocenters. The van der Waals surface area contributed by atoms with Gasteiger partial charge in [-0.05, 0) is 56.2 Å². The zero-order valence-electron chi connectivity index (χ0n) is 13.2. The lowest BCUT2D eigenvalue weighted by Gasteiger charge is -2.06. The van der Waals surface area contributed by atoms with Crippen molar-refractivity contribution in [2.75, 3.05) is 11.1 Å². The lowest BCUT2D eigenvalue weighted by Crippen LogP contribution is -2.14. The third-order valence-corrected chi connectivity index (χ3v) is 4.03. The van der Waals surface area contributed by atoms with Crippen LogP contribution in [0.15, 0.2) is 40.0 Å². The van der Waals surface area contributed by atoms with Crippen LogP contribution >= 0.6 is 11.8 Å². The van der Waals surface area contributed by atoms with Gasteiger partial charge in [-0.25, -0.2) is 4.98 Å². The molecule has 0 fully saturated rings. The largest absolute Gasteiger partial charge is 0.430 e. The summed E-state index contributed by atoms with van der Waals surface area (Å²) >= 11 is 1.26. The van der Waals surface area contributed by atoms with Gasteiger partial charge in [0.2, 0.25) is 5.91 Å². The van der Waals surface area contributed by atoms with Crippen molar-refractivity contribution < 1.29 is 9.21 Å². The predicted molar refractivity (Wildman–Crippen MR) is 91.8 cm³/mol. The predicted octanol–water partition coefficient (Wildman–Crippen LogP) is 3.88. The summed E-state index contributed by atoms with van der Waals surface area (Å²) in [5, 5.41) is 3.34. The third kappa shape index (κ3) is 3.90. The molecule has 0 aliphatic rings. The van der Waals surface area contributed by atoms with Crippen LogP contribution in [0.25, 0.3) is 11.2 Å². The SMILES string of the molecule is Cc1cc(C)cc(NC(=O)CSc2nc3nc(C)ccc3o2)c1. The van der Waals surface area contributed by atoms with Crippen molar-refractivity contribution in [3.05, 3.63) is 47.2 Å². The number of oxazole rings is 1. The van der Waals surface area contributed by atoms with Gasteiger partial charge in [-0.1, -0.05) is 17.8 Å². The number of hydrogen-bond acceptors (Lipinski definition) is 5. The van der Waals surface area contributed by atoms with Crippen molar-refractivity contribution in [2.24, 2.45) is 0 Å². The molecular formula is C17H17N3O2S. The van der Waals surface area contributed by atoms with Crippen LogP contribution in [0.5, 0.6) is 0 Å². The van der Waals surface area contributed by atoms with E-state index < -0.39 is 0 Å². The molecule has 1 N–H and O–H groups in total. The van der Waals surface area contributed by atoms with Crippen LogP contribution < -0.4 is 5.32 Å². The average Bonchev–Trinajstić information content (AvgIpc) is 2.86. The van der Waals surface area contributed by atoms with E-state index >= 15 is 0 Å². The monoisotopic (exact) mass is 327 g/mol. The molecule has 5 nitrogen and oxygen atoms in total. The number of carbonyl (C=O) groups is 1. The van der Waals surface area contributed by atoms with Gasteiger partial charge in [0.15, 0.2) is 11.2 Å². The molecule has 1 aromatic carbocycles. The Morgan fingerprint density at radius 2 is 1.87 bits per heavy atom. The summed E-state index contributed by atoms with van der Waals surface area (Å²) in [7, 11) is 0. The van der Waals surface area contributed by atoms with Crippen molar-refractivity contribution in [2.45, 2.75) is 26.0 Å². The molecule has 2 heterocycles. The number of nitrogens with one attached hydrogen (secondary N) is 1. The van der Waals surface area contributed by atoms with Gasteiger partial charge in [0, 0.05) is 11.4 Å². The maximum Gasteiger partial charge on any atom is 0.258 e. The third-order valence-electron chi connectivity index (χ3n) is 3.21. The fourth-order valence-corrected chi connectivity index (χ4v) is 2.95. The number of carbonyl (C=O) groups excluding carboxylic acids is 1. The summed E-state index contributed by atoms with van der Waals surface area (Å²) in [6.07, 6.45) is 0. The van der Waals surface area contributed by atoms with Crippen LogP contribution in [0.2, 0.25) is 0 Å². The molecule has 3 aromatic rings. The van der Waals surface area contributed by atoms with Crippen LogP contribution in [0.3, 0.4) is 0 Å². The van der Waals surface area contributed by atoms with E-state index in [1.54, 1.807) is 0 Å². The van der Waals surface area contributed by atoms with Gasteiger partial charge in [0.25, 0.3) is 5.22 Å². The van der Waals surface area contributed by atoms with Crippen LogP contribution in [0.4, 0.5) is 5.69 Å². The van der Waals surface area contributed by atoms with Crippen LogP contribution in [-0.4, -0.2) is 21.6 Å². The van der Waals surface area contributed by atoms with Crippen LogP contribution in [0.1, 0.15) is 16.8 Å². The lowest BCUT2D eigenvalue weighted by molar-refractivity contribution is -0.113. The standard InChI is InChI=1S/C17H17N3O2S/c1-10-6-11(2)8-13(7-10)19-15(21)9-23-17-20-16-14(22-17)5-4-12(3)18-16/h4-8H,9H2,1-3H3,(H,19,21). The Morgan fingerprint density at radius 1 is 1.13 bits per heavy atom. The summed E-state index contributed by atoms with van der Waals surface area (Å²) in [5.41, 5.74) is 5.13. The summed E-state index contributed by atoms with van der Waals surface area (Å²) in [6.45, 7) is 5.91. The first-order valence-electron chi connectivity index (χ1n) is 7.25. The topological polar surface area (TPSA) is 68.0 Å². The number of aromatic nitrogens is 2. The quantitative estimate of drug-likeness (QED) is 0.737. The number of fused-ring (bicyclic) bond motifs is 1. The molecule has 0 spiro atoms. The highest BCUT2D eigenvalue weighted by molar-refractivity contribution is 7.99. The summed E-state index contributed by atoms with van der Waals surface area (Å²) in [4.78, 5) is 20.6. The van der Waals surface area contributed by atoms with E-state index in [9.17, 15) is 4.79 Å². The first-order valence-corrected chi connectivity index (χ1v) is 8.23. The molecule has 2 aromatic heterocycles. The minimum absolute atomic E-state index is 0.0913. The zero-order valence-corrected chi connectivity index (χ0v) is 14.0. The Labute approximate surface area is 138 Å². The fourth-order valence-electron chi connectivity index (χ4n) is 2.33. The maximum absolute atomic E-state index is 12.1. The van der Waals surface area contributed by atoms with Crippen molar-refractivity contribution in [1.82, 2.24) is 9.97 Å². The van der Waals surface area contributed by atoms with E-state index in [2.05, 4.69) is 21.4 Å². The maximum atomic E-state index is 12.1. The fraction of sp³-hybridized carbons (Fsp3) is 0.235. The van der Waals surface area contributed by atoms with E-state index in [1.807, 2.05) is 45.0 Å². The van der Waals surface area contributed by atoms with Crippen molar-refractivity contribution in [3.63, 3.8) is 0 Å². The number of benzene rings is 1. The Hall–Kier alpha value is -2.34. The molecule has 0 saturated carbocycles. The molecule has 0 saturated heterocycles. The second kappa shape index (κ2) is 6.42. The highest BCUT2D eigenvalue weighted by Crippen LogP contribution is 2.23. The minimum atomic E-state index is -0.0913. The number of aryl methyl sites for hydroxylation is 3. The summed E-state index contributed by atoms with van der Waals surface area (Å²) in [6, 6.07) is 9.67. The molecule has 6 heteroatoms. The van der Waals surface area contributed by atoms with Gasteiger partial charge in [-0.3, -0.25) is 4.79 Å². The molecular weight excluding hydrogens is 310 g/mol. The molecule has 0 radical (unpaired) electrons. The van der Waals surface area contributed by atoms with E-state index in [4.69, 9.17) is 4.42 Å². The highest BCUT2D eigenvalue weighted by atomic mass is 32.2. The lowest BCUT2D eigenvalue weighted by atomic mass is 10.1. The number of rotatable bonds is 4. The average molecular weight is 327 g/mol. The molecule has 0 unspecified atom stereocenters. The minimum Gasteiger partial charge on any atom is -0.430 e. The summed E-state index contributed by atoms with van der Waals surface area (Å²) < 4.78 is 5.57. The van der Waals surface area contributed by atoms with Gasteiger partial charge in [-0.2, -0.15) is 4.98 Å². The Kier molecular flexibility index (Phi) is 4.34. The van der Waals surface area contributed by atoms with Crippen LogP contribution in [0, 0.1) is 20.8 Å². The highest BCUT2D eigenvalue weighted by Gasteiger charge is 2.10. The number of thioether (sulfide) groups is 1. The normalized spacial score (nSPS) is 10.9. The molecule has 118 valence electrons. The second-order valence-electron chi connectivity index (χ2n) is 5.47. The number of hydrogen-bond donors (Lipinski definition) is 1. The molecule has 3 rings (SSSR count). The zero-order chi connectivity index (χ0) is 16.4. The van der Waals surface area contributed by atoms with E-state index in [0.29, 0.717) is 16.5 Å². The number of pyridine rings is 1. The van der Waals surface area contributed by atoms with Gasteiger partial charge >= 0.3 is 0 Å². The van der Waals surface area contributed by atoms with Gasteiger partial charge < -0.3 is 9.73 Å². The Morgan fingerprint density at radius 3 is 2.61 bits per heavy atom.